The number of amides is 1. The average molecular weight is 458 g/mol. The summed E-state index contributed by atoms with van der Waals surface area (Å²) in [6.07, 6.45) is 0. The standard InChI is InChI=1S/C26H23N3O3S/c1-17-12-13-18(2)22(14-17)29-25(32)20-10-6-7-11-21(20)28-26(29)33-16-24(31)27-15-23(30)19-8-4-3-5-9-19/h3-14H,15-16H2,1-2H3,(H,27,31). The second kappa shape index (κ2) is 9.83. The van der Waals surface area contributed by atoms with Gasteiger partial charge in [0, 0.05) is 5.56 Å². The number of nitrogens with one attached hydrogen (secondary N) is 1. The number of aryl methyl sites for hydroxylation is 2. The highest BCUT2D eigenvalue weighted by Crippen LogP contribution is 2.23. The van der Waals surface area contributed by atoms with E-state index in [-0.39, 0.29) is 29.5 Å². The molecular formula is C26H23N3O3S. The molecule has 0 aliphatic rings. The summed E-state index contributed by atoms with van der Waals surface area (Å²) >= 11 is 1.17. The number of thioether (sulfide) groups is 1. The number of nitrogens with zero attached hydrogens (tertiary/aromatic N) is 2. The van der Waals surface area contributed by atoms with Gasteiger partial charge in [-0.05, 0) is 43.2 Å². The number of carbonyl (C=O) groups is 2. The summed E-state index contributed by atoms with van der Waals surface area (Å²) in [6, 6.07) is 21.9. The highest BCUT2D eigenvalue weighted by molar-refractivity contribution is 7.99. The van der Waals surface area contributed by atoms with Crippen molar-refractivity contribution in [1.82, 2.24) is 14.9 Å². The minimum absolute atomic E-state index is 0.0255. The van der Waals surface area contributed by atoms with Crippen molar-refractivity contribution in [3.8, 4) is 5.69 Å². The Bertz CT molecular complexity index is 1400. The molecule has 0 fully saturated rings. The zero-order valence-corrected chi connectivity index (χ0v) is 19.2. The van der Waals surface area contributed by atoms with Gasteiger partial charge < -0.3 is 5.32 Å². The molecule has 1 aromatic heterocycles. The molecule has 0 atom stereocenters. The van der Waals surface area contributed by atoms with Crippen LogP contribution in [0.1, 0.15) is 21.5 Å². The van der Waals surface area contributed by atoms with Gasteiger partial charge in [-0.15, -0.1) is 0 Å². The van der Waals surface area contributed by atoms with E-state index < -0.39 is 0 Å². The van der Waals surface area contributed by atoms with Gasteiger partial charge in [0.1, 0.15) is 0 Å². The molecule has 1 heterocycles. The summed E-state index contributed by atoms with van der Waals surface area (Å²) in [5.74, 6) is -0.443. The Morgan fingerprint density at radius 2 is 1.70 bits per heavy atom. The smallest absolute Gasteiger partial charge is 0.266 e. The lowest BCUT2D eigenvalue weighted by atomic mass is 10.1. The fourth-order valence-electron chi connectivity index (χ4n) is 3.47. The first-order valence-corrected chi connectivity index (χ1v) is 11.5. The van der Waals surface area contributed by atoms with Crippen molar-refractivity contribution < 1.29 is 9.59 Å². The minimum Gasteiger partial charge on any atom is -0.348 e. The molecule has 166 valence electrons. The summed E-state index contributed by atoms with van der Waals surface area (Å²) in [6.45, 7) is 3.82. The molecule has 0 radical (unpaired) electrons. The van der Waals surface area contributed by atoms with Crippen molar-refractivity contribution in [3.63, 3.8) is 0 Å². The minimum atomic E-state index is -0.306. The number of ketones is 1. The van der Waals surface area contributed by atoms with Gasteiger partial charge in [-0.1, -0.05) is 66.4 Å². The van der Waals surface area contributed by atoms with E-state index in [1.807, 2.05) is 50.2 Å². The molecule has 0 saturated carbocycles. The molecule has 6 nitrogen and oxygen atoms in total. The fourth-order valence-corrected chi connectivity index (χ4v) is 4.30. The topological polar surface area (TPSA) is 81.1 Å². The van der Waals surface area contributed by atoms with Gasteiger partial charge in [0.05, 0.1) is 28.9 Å². The first-order valence-electron chi connectivity index (χ1n) is 10.5. The molecule has 33 heavy (non-hydrogen) atoms. The average Bonchev–Trinajstić information content (AvgIpc) is 2.83. The Hall–Kier alpha value is -3.71. The van der Waals surface area contributed by atoms with Crippen LogP contribution in [-0.4, -0.2) is 33.5 Å². The molecule has 3 aromatic carbocycles. The van der Waals surface area contributed by atoms with Gasteiger partial charge in [-0.3, -0.25) is 19.0 Å². The fraction of sp³-hybridized carbons (Fsp3) is 0.154. The number of hydrogen-bond acceptors (Lipinski definition) is 5. The van der Waals surface area contributed by atoms with Gasteiger partial charge in [0.25, 0.3) is 5.56 Å². The molecule has 1 N–H and O–H groups in total. The van der Waals surface area contributed by atoms with Crippen molar-refractivity contribution in [1.29, 1.82) is 0 Å². The third-order valence-electron chi connectivity index (χ3n) is 5.22. The first-order chi connectivity index (χ1) is 15.9. The maximum absolute atomic E-state index is 13.4. The molecule has 0 aliphatic carbocycles. The largest absolute Gasteiger partial charge is 0.348 e. The highest BCUT2D eigenvalue weighted by atomic mass is 32.2. The lowest BCUT2D eigenvalue weighted by Crippen LogP contribution is -2.31. The van der Waals surface area contributed by atoms with E-state index >= 15 is 0 Å². The first kappa shape index (κ1) is 22.5. The molecule has 4 rings (SSSR count). The molecule has 7 heteroatoms. The van der Waals surface area contributed by atoms with Crippen molar-refractivity contribution in [3.05, 3.63) is 99.8 Å². The van der Waals surface area contributed by atoms with Crippen molar-refractivity contribution in [2.75, 3.05) is 12.3 Å². The number of rotatable bonds is 7. The second-order valence-corrected chi connectivity index (χ2v) is 8.64. The number of carbonyl (C=O) groups excluding carboxylic acids is 2. The van der Waals surface area contributed by atoms with E-state index in [0.29, 0.717) is 21.6 Å². The van der Waals surface area contributed by atoms with Gasteiger partial charge >= 0.3 is 0 Å². The molecule has 1 amide bonds. The summed E-state index contributed by atoms with van der Waals surface area (Å²) < 4.78 is 1.57. The second-order valence-electron chi connectivity index (χ2n) is 7.70. The molecule has 0 spiro atoms. The normalized spacial score (nSPS) is 10.8. The maximum atomic E-state index is 13.4. The van der Waals surface area contributed by atoms with Gasteiger partial charge in [-0.2, -0.15) is 0 Å². The molecular weight excluding hydrogens is 434 g/mol. The van der Waals surface area contributed by atoms with Crippen LogP contribution in [0, 0.1) is 13.8 Å². The van der Waals surface area contributed by atoms with Gasteiger partial charge in [0.2, 0.25) is 5.91 Å². The van der Waals surface area contributed by atoms with Crippen LogP contribution in [0.4, 0.5) is 0 Å². The zero-order chi connectivity index (χ0) is 23.4. The quantitative estimate of drug-likeness (QED) is 0.257. The third kappa shape index (κ3) is 5.04. The number of aromatic nitrogens is 2. The number of fused-ring (bicyclic) bond motifs is 1. The number of hydrogen-bond donors (Lipinski definition) is 1. The van der Waals surface area contributed by atoms with Gasteiger partial charge in [-0.25, -0.2) is 4.98 Å². The maximum Gasteiger partial charge on any atom is 0.266 e. The van der Waals surface area contributed by atoms with E-state index in [0.717, 1.165) is 16.8 Å². The van der Waals surface area contributed by atoms with Crippen LogP contribution in [0.15, 0.2) is 82.7 Å². The lowest BCUT2D eigenvalue weighted by molar-refractivity contribution is -0.118. The number of Topliss-reactive ketones (excluding diaryl/α,β-unsaturated/α-hetero) is 1. The van der Waals surface area contributed by atoms with Crippen LogP contribution >= 0.6 is 11.8 Å². The summed E-state index contributed by atoms with van der Waals surface area (Å²) in [7, 11) is 0. The van der Waals surface area contributed by atoms with Crippen LogP contribution in [0.3, 0.4) is 0 Å². The zero-order valence-electron chi connectivity index (χ0n) is 18.4. The summed E-state index contributed by atoms with van der Waals surface area (Å²) in [5.41, 5.74) is 3.62. The molecule has 0 unspecified atom stereocenters. The Morgan fingerprint density at radius 1 is 0.970 bits per heavy atom. The molecule has 0 bridgehead atoms. The van der Waals surface area contributed by atoms with Crippen LogP contribution < -0.4 is 10.9 Å². The lowest BCUT2D eigenvalue weighted by Gasteiger charge is -2.15. The van der Waals surface area contributed by atoms with E-state index in [9.17, 15) is 14.4 Å². The van der Waals surface area contributed by atoms with Crippen LogP contribution in [0.25, 0.3) is 16.6 Å². The SMILES string of the molecule is Cc1ccc(C)c(-n2c(SCC(=O)NCC(=O)c3ccccc3)nc3ccccc3c2=O)c1. The molecule has 0 aliphatic heterocycles. The Balaban J connectivity index is 1.59. The summed E-state index contributed by atoms with van der Waals surface area (Å²) in [4.78, 5) is 42.8. The monoisotopic (exact) mass is 457 g/mol. The van der Waals surface area contributed by atoms with Crippen molar-refractivity contribution in [2.24, 2.45) is 0 Å². The molecule has 0 saturated heterocycles. The third-order valence-corrected chi connectivity index (χ3v) is 6.16. The summed E-state index contributed by atoms with van der Waals surface area (Å²) in [5, 5.41) is 3.60. The van der Waals surface area contributed by atoms with Crippen molar-refractivity contribution >= 4 is 34.4 Å². The number of para-hydroxylation sites is 1. The van der Waals surface area contributed by atoms with E-state index in [2.05, 4.69) is 10.3 Å². The molecule has 4 aromatic rings. The van der Waals surface area contributed by atoms with Gasteiger partial charge in [0.15, 0.2) is 10.9 Å². The van der Waals surface area contributed by atoms with Crippen LogP contribution in [0.5, 0.6) is 0 Å². The van der Waals surface area contributed by atoms with E-state index in [1.165, 1.54) is 11.8 Å². The Morgan fingerprint density at radius 3 is 2.48 bits per heavy atom. The van der Waals surface area contributed by atoms with E-state index in [1.54, 1.807) is 41.0 Å². The van der Waals surface area contributed by atoms with Crippen LogP contribution in [-0.2, 0) is 4.79 Å². The highest BCUT2D eigenvalue weighted by Gasteiger charge is 2.17. The van der Waals surface area contributed by atoms with Crippen LogP contribution in [0.2, 0.25) is 0 Å². The van der Waals surface area contributed by atoms with Crippen molar-refractivity contribution in [2.45, 2.75) is 19.0 Å². The number of benzene rings is 3. The predicted molar refractivity (Wildman–Crippen MR) is 131 cm³/mol. The Labute approximate surface area is 195 Å². The Kier molecular flexibility index (Phi) is 6.70. The van der Waals surface area contributed by atoms with E-state index in [4.69, 9.17) is 0 Å². The predicted octanol–water partition coefficient (Wildman–Crippen LogP) is 4.09.